The normalized spacial score (nSPS) is 13.0. The van der Waals surface area contributed by atoms with E-state index in [-0.39, 0.29) is 15.6 Å². The second kappa shape index (κ2) is 6.21. The summed E-state index contributed by atoms with van der Waals surface area (Å²) in [4.78, 5) is 0. The van der Waals surface area contributed by atoms with Gasteiger partial charge in [-0.05, 0) is 29.8 Å². The summed E-state index contributed by atoms with van der Waals surface area (Å²) in [6.45, 7) is 0. The molecule has 2 aromatic rings. The fourth-order valence-electron chi connectivity index (χ4n) is 1.89. The molecule has 0 saturated carbocycles. The standard InChI is InChI=1S/C14H9BrF5NO/c15-8-5-10(16)12(11(17)6-8)13(21)7-1-3-9(4-2-7)22-14(18,19)20/h1-6,13H,21H2/t13-/m0/s1. The van der Waals surface area contributed by atoms with Crippen LogP contribution >= 0.6 is 15.9 Å². The minimum absolute atomic E-state index is 0.215. The molecule has 0 aromatic heterocycles. The van der Waals surface area contributed by atoms with Crippen molar-refractivity contribution in [1.29, 1.82) is 0 Å². The summed E-state index contributed by atoms with van der Waals surface area (Å²) in [6.07, 6.45) is -4.81. The molecule has 0 aliphatic rings. The molecule has 22 heavy (non-hydrogen) atoms. The minimum atomic E-state index is -4.81. The molecule has 2 N–H and O–H groups in total. The summed E-state index contributed by atoms with van der Waals surface area (Å²) >= 11 is 2.95. The highest BCUT2D eigenvalue weighted by molar-refractivity contribution is 9.10. The van der Waals surface area contributed by atoms with Gasteiger partial charge in [0.15, 0.2) is 0 Å². The average Bonchev–Trinajstić information content (AvgIpc) is 2.36. The molecule has 0 aliphatic heterocycles. The molecular weight excluding hydrogens is 373 g/mol. The Balaban J connectivity index is 2.29. The summed E-state index contributed by atoms with van der Waals surface area (Å²) in [5.74, 6) is -2.15. The van der Waals surface area contributed by atoms with Crippen LogP contribution in [0.25, 0.3) is 0 Å². The average molecular weight is 382 g/mol. The number of alkyl halides is 3. The summed E-state index contributed by atoms with van der Waals surface area (Å²) < 4.78 is 67.8. The van der Waals surface area contributed by atoms with Gasteiger partial charge >= 0.3 is 6.36 Å². The van der Waals surface area contributed by atoms with Crippen LogP contribution < -0.4 is 10.5 Å². The van der Waals surface area contributed by atoms with E-state index >= 15 is 0 Å². The molecule has 0 fully saturated rings. The van der Waals surface area contributed by atoms with Gasteiger partial charge in [-0.25, -0.2) is 8.78 Å². The predicted molar refractivity (Wildman–Crippen MR) is 73.2 cm³/mol. The quantitative estimate of drug-likeness (QED) is 0.783. The van der Waals surface area contributed by atoms with Crippen molar-refractivity contribution in [3.05, 3.63) is 63.6 Å². The largest absolute Gasteiger partial charge is 0.573 e. The van der Waals surface area contributed by atoms with Crippen LogP contribution in [0.5, 0.6) is 5.75 Å². The molecule has 2 aromatic carbocycles. The van der Waals surface area contributed by atoms with Gasteiger partial charge in [0.2, 0.25) is 0 Å². The molecule has 0 spiro atoms. The van der Waals surface area contributed by atoms with E-state index < -0.39 is 29.8 Å². The van der Waals surface area contributed by atoms with Crippen LogP contribution in [-0.4, -0.2) is 6.36 Å². The zero-order valence-electron chi connectivity index (χ0n) is 10.8. The van der Waals surface area contributed by atoms with Crippen molar-refractivity contribution in [1.82, 2.24) is 0 Å². The Morgan fingerprint density at radius 1 is 1.00 bits per heavy atom. The van der Waals surface area contributed by atoms with Crippen LogP contribution in [0.3, 0.4) is 0 Å². The summed E-state index contributed by atoms with van der Waals surface area (Å²) in [6, 6.07) is 5.43. The van der Waals surface area contributed by atoms with Gasteiger partial charge in [-0.15, -0.1) is 13.2 Å². The molecule has 1 atom stereocenters. The lowest BCUT2D eigenvalue weighted by Crippen LogP contribution is -2.18. The molecule has 118 valence electrons. The third-order valence-corrected chi connectivity index (χ3v) is 3.29. The smallest absolute Gasteiger partial charge is 0.406 e. The van der Waals surface area contributed by atoms with Crippen molar-refractivity contribution >= 4 is 15.9 Å². The third-order valence-electron chi connectivity index (χ3n) is 2.83. The van der Waals surface area contributed by atoms with E-state index in [1.165, 1.54) is 12.1 Å². The van der Waals surface area contributed by atoms with Crippen molar-refractivity contribution in [2.24, 2.45) is 5.73 Å². The molecular formula is C14H9BrF5NO. The molecule has 0 aliphatic carbocycles. The third kappa shape index (κ3) is 3.95. The Bertz CT molecular complexity index is 649. The summed E-state index contributed by atoms with van der Waals surface area (Å²) in [5.41, 5.74) is 5.66. The number of hydrogen-bond acceptors (Lipinski definition) is 2. The molecule has 0 heterocycles. The van der Waals surface area contributed by atoms with E-state index in [2.05, 4.69) is 20.7 Å². The van der Waals surface area contributed by atoms with Crippen molar-refractivity contribution in [2.45, 2.75) is 12.4 Å². The maximum absolute atomic E-state index is 13.8. The predicted octanol–water partition coefficient (Wildman–Crippen LogP) is 4.67. The summed E-state index contributed by atoms with van der Waals surface area (Å²) in [7, 11) is 0. The Kier molecular flexibility index (Phi) is 4.72. The first-order valence-corrected chi connectivity index (χ1v) is 6.72. The van der Waals surface area contributed by atoms with E-state index in [1.807, 2.05) is 0 Å². The van der Waals surface area contributed by atoms with Gasteiger partial charge in [0, 0.05) is 10.0 Å². The van der Waals surface area contributed by atoms with Crippen LogP contribution in [0.1, 0.15) is 17.2 Å². The molecule has 0 amide bonds. The van der Waals surface area contributed by atoms with Crippen LogP contribution in [0.15, 0.2) is 40.9 Å². The Morgan fingerprint density at radius 2 is 1.50 bits per heavy atom. The van der Waals surface area contributed by atoms with Gasteiger partial charge in [0.25, 0.3) is 0 Å². The van der Waals surface area contributed by atoms with Crippen molar-refractivity contribution in [2.75, 3.05) is 0 Å². The Labute approximate surface area is 130 Å². The Morgan fingerprint density at radius 3 is 1.95 bits per heavy atom. The van der Waals surface area contributed by atoms with Crippen LogP contribution in [0.2, 0.25) is 0 Å². The van der Waals surface area contributed by atoms with E-state index in [0.29, 0.717) is 0 Å². The number of nitrogens with two attached hydrogens (primary N) is 1. The highest BCUT2D eigenvalue weighted by atomic mass is 79.9. The molecule has 0 saturated heterocycles. The second-order valence-corrected chi connectivity index (χ2v) is 5.29. The van der Waals surface area contributed by atoms with Gasteiger partial charge in [0.1, 0.15) is 17.4 Å². The first-order chi connectivity index (χ1) is 10.2. The maximum Gasteiger partial charge on any atom is 0.573 e. The van der Waals surface area contributed by atoms with Crippen molar-refractivity contribution < 1.29 is 26.7 Å². The van der Waals surface area contributed by atoms with Gasteiger partial charge in [-0.3, -0.25) is 0 Å². The minimum Gasteiger partial charge on any atom is -0.406 e. The lowest BCUT2D eigenvalue weighted by molar-refractivity contribution is -0.274. The number of benzene rings is 2. The maximum atomic E-state index is 13.8. The van der Waals surface area contributed by atoms with Crippen LogP contribution in [0, 0.1) is 11.6 Å². The van der Waals surface area contributed by atoms with E-state index in [9.17, 15) is 22.0 Å². The van der Waals surface area contributed by atoms with E-state index in [4.69, 9.17) is 5.73 Å². The van der Waals surface area contributed by atoms with E-state index in [1.54, 1.807) is 0 Å². The highest BCUT2D eigenvalue weighted by Gasteiger charge is 2.31. The lowest BCUT2D eigenvalue weighted by Gasteiger charge is -2.16. The lowest BCUT2D eigenvalue weighted by atomic mass is 9.98. The molecule has 2 rings (SSSR count). The fraction of sp³-hybridized carbons (Fsp3) is 0.143. The number of rotatable bonds is 3. The van der Waals surface area contributed by atoms with Gasteiger partial charge in [-0.2, -0.15) is 0 Å². The zero-order chi connectivity index (χ0) is 16.5. The van der Waals surface area contributed by atoms with Crippen LogP contribution in [-0.2, 0) is 0 Å². The Hall–Kier alpha value is -1.67. The van der Waals surface area contributed by atoms with E-state index in [0.717, 1.165) is 24.3 Å². The van der Waals surface area contributed by atoms with Gasteiger partial charge in [0.05, 0.1) is 6.04 Å². The molecule has 8 heteroatoms. The highest BCUT2D eigenvalue weighted by Crippen LogP contribution is 2.29. The summed E-state index contributed by atoms with van der Waals surface area (Å²) in [5, 5.41) is 0. The monoisotopic (exact) mass is 381 g/mol. The first kappa shape index (κ1) is 16.7. The first-order valence-electron chi connectivity index (χ1n) is 5.93. The zero-order valence-corrected chi connectivity index (χ0v) is 12.4. The van der Waals surface area contributed by atoms with Crippen molar-refractivity contribution in [3.8, 4) is 5.75 Å². The van der Waals surface area contributed by atoms with Gasteiger partial charge < -0.3 is 10.5 Å². The number of halogens is 6. The second-order valence-electron chi connectivity index (χ2n) is 4.38. The SMILES string of the molecule is N[C@@H](c1ccc(OC(F)(F)F)cc1)c1c(F)cc(Br)cc1F. The number of ether oxygens (including phenoxy) is 1. The topological polar surface area (TPSA) is 35.2 Å². The fourth-order valence-corrected chi connectivity index (χ4v) is 2.30. The van der Waals surface area contributed by atoms with Crippen molar-refractivity contribution in [3.63, 3.8) is 0 Å². The molecule has 2 nitrogen and oxygen atoms in total. The molecule has 0 radical (unpaired) electrons. The molecule has 0 unspecified atom stereocenters. The van der Waals surface area contributed by atoms with Crippen LogP contribution in [0.4, 0.5) is 22.0 Å². The number of hydrogen-bond donors (Lipinski definition) is 1. The molecule has 0 bridgehead atoms. The van der Waals surface area contributed by atoms with Gasteiger partial charge in [-0.1, -0.05) is 28.1 Å².